The van der Waals surface area contributed by atoms with Crippen molar-refractivity contribution in [1.29, 1.82) is 0 Å². The quantitative estimate of drug-likeness (QED) is 0.264. The molecule has 184 valence electrons. The molecule has 1 aliphatic rings. The summed E-state index contributed by atoms with van der Waals surface area (Å²) in [5, 5.41) is 5.72. The Morgan fingerprint density at radius 3 is 2.47 bits per heavy atom. The van der Waals surface area contributed by atoms with E-state index in [1.807, 2.05) is 79.7 Å². The van der Waals surface area contributed by atoms with E-state index in [1.165, 1.54) is 18.2 Å². The number of rotatable bonds is 7. The van der Waals surface area contributed by atoms with Crippen LogP contribution in [0.15, 0.2) is 82.1 Å². The van der Waals surface area contributed by atoms with Crippen LogP contribution in [-0.4, -0.2) is 22.0 Å². The summed E-state index contributed by atoms with van der Waals surface area (Å²) < 4.78 is 5.82. The zero-order chi connectivity index (χ0) is 24.9. The van der Waals surface area contributed by atoms with Gasteiger partial charge >= 0.3 is 0 Å². The number of aromatic nitrogens is 1. The van der Waals surface area contributed by atoms with Crippen molar-refractivity contribution in [3.05, 3.63) is 72.8 Å². The lowest BCUT2D eigenvalue weighted by atomic mass is 9.88. The van der Waals surface area contributed by atoms with Crippen LogP contribution in [0.1, 0.15) is 39.0 Å². The number of carbonyl (C=O) groups is 2. The Balaban J connectivity index is 1.17. The molecular formula is C29H29N3O3S. The van der Waals surface area contributed by atoms with Crippen molar-refractivity contribution in [1.82, 2.24) is 4.98 Å². The minimum atomic E-state index is -0.314. The van der Waals surface area contributed by atoms with Gasteiger partial charge in [0.1, 0.15) is 5.52 Å². The predicted octanol–water partition coefficient (Wildman–Crippen LogP) is 7.13. The van der Waals surface area contributed by atoms with Gasteiger partial charge in [-0.25, -0.2) is 4.98 Å². The number of thioether (sulfide) groups is 1. The van der Waals surface area contributed by atoms with Crippen LogP contribution in [0.2, 0.25) is 0 Å². The van der Waals surface area contributed by atoms with Gasteiger partial charge in [0, 0.05) is 27.8 Å². The fraction of sp³-hybridized carbons (Fsp3) is 0.276. The topological polar surface area (TPSA) is 84.2 Å². The average molecular weight is 500 g/mol. The zero-order valence-electron chi connectivity index (χ0n) is 20.2. The van der Waals surface area contributed by atoms with Gasteiger partial charge in [0.15, 0.2) is 5.58 Å². The van der Waals surface area contributed by atoms with Gasteiger partial charge in [-0.05, 0) is 74.4 Å². The average Bonchev–Trinajstić information content (AvgIpc) is 3.34. The lowest BCUT2D eigenvalue weighted by Crippen LogP contribution is -2.24. The maximum atomic E-state index is 12.8. The number of carbonyl (C=O) groups excluding carboxylic acids is 2. The highest BCUT2D eigenvalue weighted by Crippen LogP contribution is 2.29. The van der Waals surface area contributed by atoms with Crippen LogP contribution in [0.3, 0.4) is 0 Å². The molecule has 1 unspecified atom stereocenters. The molecule has 3 aromatic carbocycles. The molecule has 7 heteroatoms. The van der Waals surface area contributed by atoms with Crippen molar-refractivity contribution >= 4 is 46.1 Å². The monoisotopic (exact) mass is 499 g/mol. The molecule has 0 aliphatic heterocycles. The molecule has 1 atom stereocenters. The maximum absolute atomic E-state index is 12.8. The first-order valence-corrected chi connectivity index (χ1v) is 13.3. The summed E-state index contributed by atoms with van der Waals surface area (Å²) in [6, 6.07) is 22.8. The highest BCUT2D eigenvalue weighted by atomic mass is 32.2. The van der Waals surface area contributed by atoms with Crippen LogP contribution in [0.25, 0.3) is 22.6 Å². The number of nitrogens with zero attached hydrogens (tertiary/aromatic N) is 1. The molecule has 0 radical (unpaired) electrons. The van der Waals surface area contributed by atoms with E-state index in [9.17, 15) is 9.59 Å². The van der Waals surface area contributed by atoms with E-state index in [4.69, 9.17) is 4.42 Å². The molecule has 2 N–H and O–H groups in total. The number of hydrogen-bond acceptors (Lipinski definition) is 5. The summed E-state index contributed by atoms with van der Waals surface area (Å²) in [4.78, 5) is 30.9. The van der Waals surface area contributed by atoms with Gasteiger partial charge in [0.25, 0.3) is 0 Å². The van der Waals surface area contributed by atoms with Gasteiger partial charge in [-0.15, -0.1) is 11.8 Å². The lowest BCUT2D eigenvalue weighted by Gasteiger charge is -2.21. The van der Waals surface area contributed by atoms with Gasteiger partial charge in [0.2, 0.25) is 17.7 Å². The standard InChI is InChI=1S/C29H29N3O3S/c1-19(36-24-11-7-10-23(18-24)31-28(34)20-8-3-2-4-9-20)27(33)30-22-16-14-21(15-17-22)29-32-25-12-5-6-13-26(25)35-29/h5-7,10-20H,2-4,8-9H2,1H3,(H,30,33)(H,31,34). The molecule has 0 saturated heterocycles. The fourth-order valence-electron chi connectivity index (χ4n) is 4.45. The Kier molecular flexibility index (Phi) is 7.37. The minimum Gasteiger partial charge on any atom is -0.436 e. The number of fused-ring (bicyclic) bond motifs is 1. The third kappa shape index (κ3) is 5.79. The number of hydrogen-bond donors (Lipinski definition) is 2. The van der Waals surface area contributed by atoms with E-state index in [0.717, 1.165) is 52.9 Å². The summed E-state index contributed by atoms with van der Waals surface area (Å²) in [5.41, 5.74) is 3.89. The molecule has 5 rings (SSSR count). The normalized spacial score (nSPS) is 14.9. The Labute approximate surface area is 214 Å². The molecule has 1 aliphatic carbocycles. The van der Waals surface area contributed by atoms with Crippen molar-refractivity contribution in [3.63, 3.8) is 0 Å². The highest BCUT2D eigenvalue weighted by Gasteiger charge is 2.21. The van der Waals surface area contributed by atoms with E-state index in [-0.39, 0.29) is 23.0 Å². The Morgan fingerprint density at radius 2 is 1.69 bits per heavy atom. The number of nitrogens with one attached hydrogen (secondary N) is 2. The molecule has 0 bridgehead atoms. The summed E-state index contributed by atoms with van der Waals surface area (Å²) in [6.45, 7) is 1.87. The molecule has 1 heterocycles. The smallest absolute Gasteiger partial charge is 0.237 e. The fourth-order valence-corrected chi connectivity index (χ4v) is 5.38. The predicted molar refractivity (Wildman–Crippen MR) is 145 cm³/mol. The molecule has 4 aromatic rings. The first-order valence-electron chi connectivity index (χ1n) is 12.4. The van der Waals surface area contributed by atoms with Gasteiger partial charge in [-0.3, -0.25) is 9.59 Å². The number of para-hydroxylation sites is 2. The molecule has 6 nitrogen and oxygen atoms in total. The van der Waals surface area contributed by atoms with Crippen LogP contribution in [0, 0.1) is 5.92 Å². The van der Waals surface area contributed by atoms with E-state index in [2.05, 4.69) is 15.6 Å². The van der Waals surface area contributed by atoms with E-state index in [0.29, 0.717) is 11.6 Å². The Bertz CT molecular complexity index is 1330. The molecule has 0 spiro atoms. The SMILES string of the molecule is CC(Sc1cccc(NC(=O)C2CCCCC2)c1)C(=O)Nc1ccc(-c2nc3ccccc3o2)cc1. The highest BCUT2D eigenvalue weighted by molar-refractivity contribution is 8.00. The molecule has 1 saturated carbocycles. The molecule has 1 fully saturated rings. The minimum absolute atomic E-state index is 0.0914. The first-order chi connectivity index (χ1) is 17.5. The van der Waals surface area contributed by atoms with Gasteiger partial charge in [-0.1, -0.05) is 37.5 Å². The summed E-state index contributed by atoms with van der Waals surface area (Å²) >= 11 is 1.46. The van der Waals surface area contributed by atoms with Crippen molar-refractivity contribution in [3.8, 4) is 11.5 Å². The second-order valence-electron chi connectivity index (χ2n) is 9.17. The van der Waals surface area contributed by atoms with Crippen molar-refractivity contribution in [2.45, 2.75) is 49.2 Å². The number of benzene rings is 3. The van der Waals surface area contributed by atoms with Crippen LogP contribution in [0.5, 0.6) is 0 Å². The van der Waals surface area contributed by atoms with E-state index in [1.54, 1.807) is 0 Å². The maximum Gasteiger partial charge on any atom is 0.237 e. The van der Waals surface area contributed by atoms with Gasteiger partial charge in [-0.2, -0.15) is 0 Å². The summed E-state index contributed by atoms with van der Waals surface area (Å²) in [6.07, 6.45) is 5.40. The second-order valence-corrected chi connectivity index (χ2v) is 10.6. The first kappa shape index (κ1) is 24.1. The third-order valence-corrected chi connectivity index (χ3v) is 7.55. The van der Waals surface area contributed by atoms with Crippen LogP contribution in [0.4, 0.5) is 11.4 Å². The molecular weight excluding hydrogens is 470 g/mol. The molecule has 1 aromatic heterocycles. The molecule has 36 heavy (non-hydrogen) atoms. The third-order valence-electron chi connectivity index (χ3n) is 6.45. The van der Waals surface area contributed by atoms with Crippen molar-refractivity contribution < 1.29 is 14.0 Å². The number of amides is 2. The van der Waals surface area contributed by atoms with Crippen LogP contribution < -0.4 is 10.6 Å². The van der Waals surface area contributed by atoms with Crippen LogP contribution >= 0.6 is 11.8 Å². The van der Waals surface area contributed by atoms with Gasteiger partial charge in [0.05, 0.1) is 5.25 Å². The Morgan fingerprint density at radius 1 is 0.917 bits per heavy atom. The zero-order valence-corrected chi connectivity index (χ0v) is 21.0. The summed E-state index contributed by atoms with van der Waals surface area (Å²) in [5.74, 6) is 0.664. The van der Waals surface area contributed by atoms with Crippen molar-refractivity contribution in [2.24, 2.45) is 5.92 Å². The number of oxazole rings is 1. The largest absolute Gasteiger partial charge is 0.436 e. The van der Waals surface area contributed by atoms with Crippen LogP contribution in [-0.2, 0) is 9.59 Å². The van der Waals surface area contributed by atoms with Gasteiger partial charge < -0.3 is 15.1 Å². The van der Waals surface area contributed by atoms with E-state index < -0.39 is 0 Å². The van der Waals surface area contributed by atoms with Crippen molar-refractivity contribution in [2.75, 3.05) is 10.6 Å². The number of anilines is 2. The second kappa shape index (κ2) is 11.0. The summed E-state index contributed by atoms with van der Waals surface area (Å²) in [7, 11) is 0. The molecule has 2 amide bonds. The Hall–Kier alpha value is -3.58. The van der Waals surface area contributed by atoms with E-state index >= 15 is 0 Å². The lowest BCUT2D eigenvalue weighted by molar-refractivity contribution is -0.120.